The highest BCUT2D eigenvalue weighted by molar-refractivity contribution is 7.12. The SMILES string of the molecule is O=C(O)c1scnc1-c1ccccc1F. The van der Waals surface area contributed by atoms with Crippen LogP contribution in [0.25, 0.3) is 11.3 Å². The zero-order valence-corrected chi connectivity index (χ0v) is 8.29. The van der Waals surface area contributed by atoms with Crippen LogP contribution in [0.3, 0.4) is 0 Å². The summed E-state index contributed by atoms with van der Waals surface area (Å²) in [4.78, 5) is 14.7. The molecule has 15 heavy (non-hydrogen) atoms. The molecule has 2 aromatic rings. The number of thiazole rings is 1. The molecular formula is C10H6FNO2S. The highest BCUT2D eigenvalue weighted by Crippen LogP contribution is 2.27. The van der Waals surface area contributed by atoms with Crippen LogP contribution in [0.4, 0.5) is 4.39 Å². The molecule has 0 aliphatic rings. The summed E-state index contributed by atoms with van der Waals surface area (Å²) in [6.45, 7) is 0. The Kier molecular flexibility index (Phi) is 2.47. The summed E-state index contributed by atoms with van der Waals surface area (Å²) < 4.78 is 13.4. The van der Waals surface area contributed by atoms with Crippen LogP contribution in [0.1, 0.15) is 9.67 Å². The van der Waals surface area contributed by atoms with Gasteiger partial charge in [0.25, 0.3) is 0 Å². The van der Waals surface area contributed by atoms with Crippen LogP contribution in [-0.4, -0.2) is 16.1 Å². The monoisotopic (exact) mass is 223 g/mol. The van der Waals surface area contributed by atoms with Gasteiger partial charge in [-0.2, -0.15) is 0 Å². The molecule has 0 saturated heterocycles. The van der Waals surface area contributed by atoms with Crippen molar-refractivity contribution in [2.24, 2.45) is 0 Å². The maximum absolute atomic E-state index is 13.4. The summed E-state index contributed by atoms with van der Waals surface area (Å²) >= 11 is 0.984. The van der Waals surface area contributed by atoms with Gasteiger partial charge in [0.05, 0.1) is 11.2 Å². The lowest BCUT2D eigenvalue weighted by molar-refractivity contribution is 0.0702. The third kappa shape index (κ3) is 1.73. The number of hydrogen-bond acceptors (Lipinski definition) is 3. The Hall–Kier alpha value is -1.75. The van der Waals surface area contributed by atoms with Crippen molar-refractivity contribution in [3.05, 3.63) is 40.5 Å². The molecule has 0 aliphatic heterocycles. The van der Waals surface area contributed by atoms with E-state index in [0.29, 0.717) is 0 Å². The standard InChI is InChI=1S/C10H6FNO2S/c11-7-4-2-1-3-6(7)8-9(10(13)14)15-5-12-8/h1-5H,(H,13,14). The molecule has 0 fully saturated rings. The van der Waals surface area contributed by atoms with E-state index in [4.69, 9.17) is 5.11 Å². The molecule has 0 atom stereocenters. The second kappa shape index (κ2) is 3.78. The minimum Gasteiger partial charge on any atom is -0.477 e. The first-order chi connectivity index (χ1) is 7.20. The van der Waals surface area contributed by atoms with Crippen LogP contribution in [0.2, 0.25) is 0 Å². The van der Waals surface area contributed by atoms with E-state index in [2.05, 4.69) is 4.98 Å². The molecule has 1 N–H and O–H groups in total. The number of nitrogens with zero attached hydrogens (tertiary/aromatic N) is 1. The van der Waals surface area contributed by atoms with E-state index < -0.39 is 11.8 Å². The molecule has 1 aromatic heterocycles. The van der Waals surface area contributed by atoms with Gasteiger partial charge in [-0.3, -0.25) is 0 Å². The number of rotatable bonds is 2. The number of carbonyl (C=O) groups is 1. The van der Waals surface area contributed by atoms with E-state index in [-0.39, 0.29) is 16.1 Å². The molecule has 1 aromatic carbocycles. The average Bonchev–Trinajstić information content (AvgIpc) is 2.67. The first-order valence-corrected chi connectivity index (χ1v) is 5.00. The normalized spacial score (nSPS) is 10.2. The van der Waals surface area contributed by atoms with Gasteiger partial charge in [-0.15, -0.1) is 11.3 Å². The van der Waals surface area contributed by atoms with Crippen molar-refractivity contribution in [2.45, 2.75) is 0 Å². The summed E-state index contributed by atoms with van der Waals surface area (Å²) in [5.41, 5.74) is 1.80. The second-order valence-electron chi connectivity index (χ2n) is 2.82. The molecule has 0 saturated carbocycles. The molecule has 2 rings (SSSR count). The Morgan fingerprint density at radius 1 is 1.40 bits per heavy atom. The minimum atomic E-state index is -1.09. The first kappa shape index (κ1) is 9.79. The van der Waals surface area contributed by atoms with Crippen LogP contribution in [0.5, 0.6) is 0 Å². The van der Waals surface area contributed by atoms with Gasteiger partial charge in [-0.1, -0.05) is 12.1 Å². The maximum atomic E-state index is 13.4. The van der Waals surface area contributed by atoms with Crippen LogP contribution in [0, 0.1) is 5.82 Å². The van der Waals surface area contributed by atoms with Crippen LogP contribution in [-0.2, 0) is 0 Å². The fraction of sp³-hybridized carbons (Fsp3) is 0. The summed E-state index contributed by atoms with van der Waals surface area (Å²) in [5, 5.41) is 8.85. The van der Waals surface area contributed by atoms with E-state index in [1.54, 1.807) is 12.1 Å². The summed E-state index contributed by atoms with van der Waals surface area (Å²) in [7, 11) is 0. The summed E-state index contributed by atoms with van der Waals surface area (Å²) in [6.07, 6.45) is 0. The maximum Gasteiger partial charge on any atom is 0.348 e. The largest absolute Gasteiger partial charge is 0.477 e. The molecule has 3 nitrogen and oxygen atoms in total. The Morgan fingerprint density at radius 3 is 2.80 bits per heavy atom. The lowest BCUT2D eigenvalue weighted by Gasteiger charge is -1.99. The third-order valence-corrected chi connectivity index (χ3v) is 2.71. The number of aromatic carboxylic acids is 1. The quantitative estimate of drug-likeness (QED) is 0.851. The van der Waals surface area contributed by atoms with Crippen molar-refractivity contribution in [3.63, 3.8) is 0 Å². The van der Waals surface area contributed by atoms with E-state index in [1.807, 2.05) is 0 Å². The number of aromatic nitrogens is 1. The van der Waals surface area contributed by atoms with Gasteiger partial charge in [0, 0.05) is 5.56 Å². The number of hydrogen-bond donors (Lipinski definition) is 1. The average molecular weight is 223 g/mol. The van der Waals surface area contributed by atoms with Crippen molar-refractivity contribution in [1.29, 1.82) is 0 Å². The molecule has 0 unspecified atom stereocenters. The van der Waals surface area contributed by atoms with Gasteiger partial charge in [-0.05, 0) is 12.1 Å². The second-order valence-corrected chi connectivity index (χ2v) is 3.67. The molecular weight excluding hydrogens is 217 g/mol. The molecule has 0 amide bonds. The highest BCUT2D eigenvalue weighted by Gasteiger charge is 2.17. The third-order valence-electron chi connectivity index (χ3n) is 1.89. The predicted molar refractivity (Wildman–Crippen MR) is 54.5 cm³/mol. The summed E-state index contributed by atoms with van der Waals surface area (Å²) in [6, 6.07) is 5.98. The zero-order chi connectivity index (χ0) is 10.8. The molecule has 0 bridgehead atoms. The van der Waals surface area contributed by atoms with Gasteiger partial charge in [-0.25, -0.2) is 14.2 Å². The Labute approximate surface area is 88.8 Å². The van der Waals surface area contributed by atoms with Gasteiger partial charge in [0.1, 0.15) is 10.7 Å². The lowest BCUT2D eigenvalue weighted by Crippen LogP contribution is -1.96. The molecule has 5 heteroatoms. The van der Waals surface area contributed by atoms with E-state index in [1.165, 1.54) is 17.6 Å². The molecule has 0 radical (unpaired) electrons. The predicted octanol–water partition coefficient (Wildman–Crippen LogP) is 2.65. The lowest BCUT2D eigenvalue weighted by atomic mass is 10.1. The molecule has 0 aliphatic carbocycles. The van der Waals surface area contributed by atoms with Crippen molar-refractivity contribution < 1.29 is 14.3 Å². The minimum absolute atomic E-state index is 0.0556. The fourth-order valence-corrected chi connectivity index (χ4v) is 1.88. The highest BCUT2D eigenvalue weighted by atomic mass is 32.1. The first-order valence-electron chi connectivity index (χ1n) is 4.12. The number of carboxylic acids is 1. The Bertz CT molecular complexity index is 510. The van der Waals surface area contributed by atoms with Crippen molar-refractivity contribution in [1.82, 2.24) is 4.98 Å². The fourth-order valence-electron chi connectivity index (χ4n) is 1.24. The van der Waals surface area contributed by atoms with Crippen molar-refractivity contribution in [2.75, 3.05) is 0 Å². The Balaban J connectivity index is 2.59. The topological polar surface area (TPSA) is 50.2 Å². The van der Waals surface area contributed by atoms with Crippen LogP contribution >= 0.6 is 11.3 Å². The van der Waals surface area contributed by atoms with Crippen LogP contribution < -0.4 is 0 Å². The van der Waals surface area contributed by atoms with Gasteiger partial charge in [0.2, 0.25) is 0 Å². The Morgan fingerprint density at radius 2 is 2.13 bits per heavy atom. The number of halogens is 1. The van der Waals surface area contributed by atoms with Gasteiger partial charge in [0.15, 0.2) is 0 Å². The van der Waals surface area contributed by atoms with Crippen LogP contribution in [0.15, 0.2) is 29.8 Å². The van der Waals surface area contributed by atoms with Crippen molar-refractivity contribution in [3.8, 4) is 11.3 Å². The van der Waals surface area contributed by atoms with E-state index >= 15 is 0 Å². The number of carboxylic acid groups (broad SMARTS) is 1. The van der Waals surface area contributed by atoms with E-state index in [9.17, 15) is 9.18 Å². The molecule has 1 heterocycles. The molecule has 76 valence electrons. The molecule has 0 spiro atoms. The van der Waals surface area contributed by atoms with Crippen molar-refractivity contribution >= 4 is 17.3 Å². The number of benzene rings is 1. The van der Waals surface area contributed by atoms with Gasteiger partial charge < -0.3 is 5.11 Å². The zero-order valence-electron chi connectivity index (χ0n) is 7.48. The van der Waals surface area contributed by atoms with Gasteiger partial charge >= 0.3 is 5.97 Å². The smallest absolute Gasteiger partial charge is 0.348 e. The van der Waals surface area contributed by atoms with E-state index in [0.717, 1.165) is 11.3 Å². The summed E-state index contributed by atoms with van der Waals surface area (Å²) in [5.74, 6) is -1.55.